The maximum Gasteiger partial charge on any atom is 0.428 e. The summed E-state index contributed by atoms with van der Waals surface area (Å²) in [7, 11) is 0. The van der Waals surface area contributed by atoms with Gasteiger partial charge in [0.25, 0.3) is 5.54 Å². The Morgan fingerprint density at radius 2 is 1.58 bits per heavy atom. The average molecular weight is 358 g/mol. The molecule has 0 saturated carbocycles. The molecule has 0 fully saturated rings. The number of rotatable bonds is 2. The Morgan fingerprint density at radius 1 is 0.885 bits per heavy atom. The number of carbonyl (C=O) groups excluding carboxylic acids is 1. The molecule has 0 bridgehead atoms. The predicted octanol–water partition coefficient (Wildman–Crippen LogP) is 4.47. The van der Waals surface area contributed by atoms with Gasteiger partial charge in [-0.3, -0.25) is 0 Å². The zero-order valence-corrected chi connectivity index (χ0v) is 13.3. The quantitative estimate of drug-likeness (QED) is 0.525. The number of hydrogen-bond acceptors (Lipinski definition) is 3. The van der Waals surface area contributed by atoms with Gasteiger partial charge in [0.1, 0.15) is 0 Å². The Balaban J connectivity index is 1.85. The fourth-order valence-electron chi connectivity index (χ4n) is 3.00. The maximum atomic E-state index is 14.1. The number of para-hydroxylation sites is 2. The minimum absolute atomic E-state index is 0.0622. The van der Waals surface area contributed by atoms with Crippen LogP contribution in [0.5, 0.6) is 5.75 Å². The van der Waals surface area contributed by atoms with Crippen molar-refractivity contribution in [3.8, 4) is 17.0 Å². The van der Waals surface area contributed by atoms with Gasteiger partial charge in [-0.05, 0) is 29.8 Å². The Labute approximate surface area is 146 Å². The molecule has 4 nitrogen and oxygen atoms in total. The first-order valence-corrected chi connectivity index (χ1v) is 7.83. The number of esters is 1. The molecule has 1 atom stereocenters. The Morgan fingerprint density at radius 3 is 2.31 bits per heavy atom. The van der Waals surface area contributed by atoms with Crippen LogP contribution in [0.25, 0.3) is 11.3 Å². The lowest BCUT2D eigenvalue weighted by Crippen LogP contribution is -2.59. The Kier molecular flexibility index (Phi) is 3.54. The van der Waals surface area contributed by atoms with Crippen molar-refractivity contribution in [3.05, 3.63) is 72.4 Å². The number of hydrogen-bond donors (Lipinski definition) is 2. The third kappa shape index (κ3) is 2.35. The van der Waals surface area contributed by atoms with Crippen molar-refractivity contribution in [2.75, 3.05) is 5.32 Å². The highest BCUT2D eigenvalue weighted by molar-refractivity contribution is 5.93. The summed E-state index contributed by atoms with van der Waals surface area (Å²) in [6.45, 7) is 0. The van der Waals surface area contributed by atoms with Crippen LogP contribution < -0.4 is 10.1 Å². The molecule has 3 aromatic rings. The number of H-pyrrole nitrogens is 1. The van der Waals surface area contributed by atoms with Gasteiger partial charge >= 0.3 is 12.1 Å². The molecule has 0 saturated heterocycles. The van der Waals surface area contributed by atoms with Crippen molar-refractivity contribution in [1.29, 1.82) is 0 Å². The average Bonchev–Trinajstić information content (AvgIpc) is 3.11. The number of fused-ring (bicyclic) bond motifs is 1. The molecular weight excluding hydrogens is 345 g/mol. The van der Waals surface area contributed by atoms with E-state index in [1.165, 1.54) is 24.3 Å². The fourth-order valence-corrected chi connectivity index (χ4v) is 3.00. The van der Waals surface area contributed by atoms with Gasteiger partial charge in [-0.2, -0.15) is 13.2 Å². The van der Waals surface area contributed by atoms with E-state index in [2.05, 4.69) is 10.3 Å². The van der Waals surface area contributed by atoms with Gasteiger partial charge in [-0.15, -0.1) is 0 Å². The molecular formula is C19H13F3N2O2. The molecule has 1 aliphatic heterocycles. The number of alkyl halides is 3. The zero-order valence-electron chi connectivity index (χ0n) is 13.3. The number of benzene rings is 2. The molecule has 2 aromatic carbocycles. The lowest BCUT2D eigenvalue weighted by Gasteiger charge is -2.37. The van der Waals surface area contributed by atoms with E-state index >= 15 is 0 Å². The van der Waals surface area contributed by atoms with E-state index in [9.17, 15) is 18.0 Å². The minimum Gasteiger partial charge on any atom is -0.422 e. The first kappa shape index (κ1) is 16.3. The summed E-state index contributed by atoms with van der Waals surface area (Å²) in [5, 5.41) is 2.35. The van der Waals surface area contributed by atoms with Crippen LogP contribution in [0.4, 0.5) is 18.9 Å². The van der Waals surface area contributed by atoms with Gasteiger partial charge in [-0.25, -0.2) is 4.79 Å². The summed E-state index contributed by atoms with van der Waals surface area (Å²) in [6.07, 6.45) is -4.92. The number of aromatic amines is 1. The topological polar surface area (TPSA) is 54.1 Å². The molecule has 1 aliphatic rings. The second kappa shape index (κ2) is 5.66. The van der Waals surface area contributed by atoms with Gasteiger partial charge in [0.15, 0.2) is 5.75 Å². The van der Waals surface area contributed by atoms with Crippen molar-refractivity contribution in [2.24, 2.45) is 0 Å². The fraction of sp³-hybridized carbons (Fsp3) is 0.105. The molecule has 1 aromatic heterocycles. The molecule has 0 radical (unpaired) electrons. The van der Waals surface area contributed by atoms with Crippen LogP contribution in [0.3, 0.4) is 0 Å². The van der Waals surface area contributed by atoms with E-state index in [1.807, 2.05) is 6.07 Å². The lowest BCUT2D eigenvalue weighted by atomic mass is 9.92. The van der Waals surface area contributed by atoms with Crippen LogP contribution in [0.15, 0.2) is 66.7 Å². The number of carbonyl (C=O) groups is 1. The predicted molar refractivity (Wildman–Crippen MR) is 89.7 cm³/mol. The molecule has 0 amide bonds. The van der Waals surface area contributed by atoms with Crippen LogP contribution >= 0.6 is 0 Å². The van der Waals surface area contributed by atoms with E-state index in [4.69, 9.17) is 4.74 Å². The largest absolute Gasteiger partial charge is 0.428 e. The SMILES string of the molecule is O=C1Oc2ccccc2N[C@@]1(c1ccc(-c2ccccc2)[nH]1)C(F)(F)F. The number of nitrogens with one attached hydrogen (secondary N) is 2. The summed E-state index contributed by atoms with van der Waals surface area (Å²) >= 11 is 0. The van der Waals surface area contributed by atoms with Gasteiger partial charge < -0.3 is 15.0 Å². The molecule has 4 rings (SSSR count). The van der Waals surface area contributed by atoms with Crippen molar-refractivity contribution in [3.63, 3.8) is 0 Å². The standard InChI is InChI=1S/C19H13F3N2O2/c20-19(21,22)18(17(25)26-15-9-5-4-8-14(15)24-18)16-11-10-13(23-16)12-6-2-1-3-7-12/h1-11,23-24H/t18-/m1/s1. The molecule has 7 heteroatoms. The first-order valence-electron chi connectivity index (χ1n) is 7.83. The van der Waals surface area contributed by atoms with E-state index in [-0.39, 0.29) is 17.1 Å². The first-order chi connectivity index (χ1) is 12.4. The van der Waals surface area contributed by atoms with Gasteiger partial charge in [0.2, 0.25) is 0 Å². The van der Waals surface area contributed by atoms with E-state index in [0.717, 1.165) is 0 Å². The second-order valence-corrected chi connectivity index (χ2v) is 5.91. The van der Waals surface area contributed by atoms with E-state index in [1.54, 1.807) is 36.4 Å². The smallest absolute Gasteiger partial charge is 0.422 e. The van der Waals surface area contributed by atoms with E-state index < -0.39 is 17.7 Å². The van der Waals surface area contributed by atoms with Crippen LogP contribution in [-0.2, 0) is 10.3 Å². The molecule has 132 valence electrons. The van der Waals surface area contributed by atoms with Gasteiger partial charge in [0.05, 0.1) is 11.4 Å². The summed E-state index contributed by atoms with van der Waals surface area (Å²) in [5.74, 6) is -1.36. The number of anilines is 1. The van der Waals surface area contributed by atoms with Crippen molar-refractivity contribution < 1.29 is 22.7 Å². The highest BCUT2D eigenvalue weighted by Crippen LogP contribution is 2.47. The number of halogens is 3. The van der Waals surface area contributed by atoms with Crippen molar-refractivity contribution >= 4 is 11.7 Å². The van der Waals surface area contributed by atoms with Crippen LogP contribution in [0, 0.1) is 0 Å². The third-order valence-corrected chi connectivity index (χ3v) is 4.32. The van der Waals surface area contributed by atoms with Gasteiger partial charge in [-0.1, -0.05) is 42.5 Å². The van der Waals surface area contributed by atoms with E-state index in [0.29, 0.717) is 11.3 Å². The zero-order chi connectivity index (χ0) is 18.4. The normalized spacial score (nSPS) is 19.4. The molecule has 26 heavy (non-hydrogen) atoms. The van der Waals surface area contributed by atoms with Crippen LogP contribution in [0.1, 0.15) is 5.69 Å². The Bertz CT molecular complexity index is 966. The second-order valence-electron chi connectivity index (χ2n) is 5.91. The molecule has 2 heterocycles. The summed E-state index contributed by atoms with van der Waals surface area (Å²) < 4.78 is 47.2. The Hall–Kier alpha value is -3.22. The highest BCUT2D eigenvalue weighted by Gasteiger charge is 2.66. The van der Waals surface area contributed by atoms with Crippen LogP contribution in [0.2, 0.25) is 0 Å². The van der Waals surface area contributed by atoms with Crippen LogP contribution in [-0.4, -0.2) is 17.1 Å². The summed E-state index contributed by atoms with van der Waals surface area (Å²) in [6, 6.07) is 17.7. The molecule has 0 spiro atoms. The van der Waals surface area contributed by atoms with Gasteiger partial charge in [0, 0.05) is 5.69 Å². The third-order valence-electron chi connectivity index (χ3n) is 4.32. The maximum absolute atomic E-state index is 14.1. The summed E-state index contributed by atoms with van der Waals surface area (Å²) in [5.41, 5.74) is -2.06. The molecule has 0 unspecified atom stereocenters. The molecule has 2 N–H and O–H groups in total. The highest BCUT2D eigenvalue weighted by atomic mass is 19.4. The summed E-state index contributed by atoms with van der Waals surface area (Å²) in [4.78, 5) is 15.2. The number of ether oxygens (including phenoxy) is 1. The molecule has 0 aliphatic carbocycles. The number of aromatic nitrogens is 1. The monoisotopic (exact) mass is 358 g/mol. The lowest BCUT2D eigenvalue weighted by molar-refractivity contribution is -0.199. The van der Waals surface area contributed by atoms with Crippen molar-refractivity contribution in [1.82, 2.24) is 4.98 Å². The van der Waals surface area contributed by atoms with Crippen molar-refractivity contribution in [2.45, 2.75) is 11.7 Å². The minimum atomic E-state index is -4.92.